The first-order chi connectivity index (χ1) is 13.5. The van der Waals surface area contributed by atoms with Crippen LogP contribution in [0.25, 0.3) is 11.4 Å². The highest BCUT2D eigenvalue weighted by Crippen LogP contribution is 2.26. The van der Waals surface area contributed by atoms with Crippen molar-refractivity contribution < 1.29 is 27.4 Å². The van der Waals surface area contributed by atoms with E-state index in [1.54, 1.807) is 24.3 Å². The number of carbonyl (C=O) groups excluding carboxylic acids is 1. The van der Waals surface area contributed by atoms with Gasteiger partial charge in [0.25, 0.3) is 5.91 Å². The monoisotopic (exact) mass is 392 g/mol. The quantitative estimate of drug-likeness (QED) is 0.645. The zero-order chi connectivity index (χ0) is 20.1. The van der Waals surface area contributed by atoms with Crippen molar-refractivity contribution in [1.82, 2.24) is 20.5 Å². The van der Waals surface area contributed by atoms with Crippen LogP contribution in [0, 0.1) is 5.82 Å². The van der Waals surface area contributed by atoms with Crippen LogP contribution in [0.15, 0.2) is 42.5 Å². The largest absolute Gasteiger partial charge is 0.496 e. The molecule has 0 aliphatic rings. The average molecular weight is 392 g/mol. The van der Waals surface area contributed by atoms with Crippen LogP contribution in [-0.4, -0.2) is 34.8 Å². The van der Waals surface area contributed by atoms with Gasteiger partial charge < -0.3 is 14.8 Å². The van der Waals surface area contributed by atoms with E-state index in [2.05, 4.69) is 25.2 Å². The van der Waals surface area contributed by atoms with E-state index in [0.717, 1.165) is 18.2 Å². The lowest BCUT2D eigenvalue weighted by atomic mass is 10.2. The van der Waals surface area contributed by atoms with Crippen LogP contribution in [0.3, 0.4) is 0 Å². The number of para-hydroxylation sites is 1. The second-order valence-corrected chi connectivity index (χ2v) is 5.51. The molecule has 0 radical (unpaired) electrons. The van der Waals surface area contributed by atoms with Gasteiger partial charge in [0.1, 0.15) is 23.1 Å². The van der Waals surface area contributed by atoms with Crippen molar-refractivity contribution in [3.05, 3.63) is 59.7 Å². The molecule has 0 saturated heterocycles. The maximum Gasteiger partial charge on any atom is 0.387 e. The van der Waals surface area contributed by atoms with E-state index >= 15 is 0 Å². The van der Waals surface area contributed by atoms with E-state index in [-0.39, 0.29) is 12.1 Å². The number of alkyl halides is 2. The Labute approximate surface area is 157 Å². The number of rotatable bonds is 7. The van der Waals surface area contributed by atoms with Crippen LogP contribution in [-0.2, 0) is 6.54 Å². The third kappa shape index (κ3) is 4.40. The Morgan fingerprint density at radius 2 is 2.00 bits per heavy atom. The summed E-state index contributed by atoms with van der Waals surface area (Å²) < 4.78 is 47.8. The van der Waals surface area contributed by atoms with Gasteiger partial charge in [-0.1, -0.05) is 12.1 Å². The molecule has 1 amide bonds. The van der Waals surface area contributed by atoms with Gasteiger partial charge in [-0.05, 0) is 30.3 Å². The molecule has 0 aliphatic carbocycles. The zero-order valence-corrected chi connectivity index (χ0v) is 14.6. The molecule has 0 aliphatic heterocycles. The van der Waals surface area contributed by atoms with E-state index in [9.17, 15) is 18.0 Å². The summed E-state index contributed by atoms with van der Waals surface area (Å²) in [5, 5.41) is 9.18. The molecule has 1 heterocycles. The first-order valence-electron chi connectivity index (χ1n) is 8.05. The molecule has 0 atom stereocenters. The highest BCUT2D eigenvalue weighted by Gasteiger charge is 2.18. The first kappa shape index (κ1) is 19.2. The second kappa shape index (κ2) is 8.42. The van der Waals surface area contributed by atoms with E-state index < -0.39 is 24.1 Å². The van der Waals surface area contributed by atoms with Crippen molar-refractivity contribution in [2.45, 2.75) is 13.2 Å². The molecule has 0 fully saturated rings. The van der Waals surface area contributed by atoms with Crippen LogP contribution in [0.5, 0.6) is 11.5 Å². The summed E-state index contributed by atoms with van der Waals surface area (Å²) >= 11 is 0. The summed E-state index contributed by atoms with van der Waals surface area (Å²) in [6.07, 6.45) is 0. The van der Waals surface area contributed by atoms with Gasteiger partial charge in [-0.25, -0.2) is 9.37 Å². The number of carbonyl (C=O) groups is 1. The maximum absolute atomic E-state index is 13.4. The summed E-state index contributed by atoms with van der Waals surface area (Å²) in [5.41, 5.74) is 0.293. The SMILES string of the molecule is COc1ccccc1-c1n[nH]c(CNC(=O)c2cc(F)ccc2OC(F)F)n1. The minimum absolute atomic E-state index is 0.0917. The second-order valence-electron chi connectivity index (χ2n) is 5.51. The Morgan fingerprint density at radius 1 is 1.21 bits per heavy atom. The molecular formula is C18H15F3N4O3. The molecule has 0 unspecified atom stereocenters. The number of hydrogen-bond acceptors (Lipinski definition) is 5. The fourth-order valence-corrected chi connectivity index (χ4v) is 2.46. The minimum atomic E-state index is -3.14. The summed E-state index contributed by atoms with van der Waals surface area (Å²) in [6.45, 7) is -3.24. The number of hydrogen-bond donors (Lipinski definition) is 2. The zero-order valence-electron chi connectivity index (χ0n) is 14.6. The van der Waals surface area contributed by atoms with Crippen LogP contribution in [0.4, 0.5) is 13.2 Å². The topological polar surface area (TPSA) is 89.1 Å². The summed E-state index contributed by atoms with van der Waals surface area (Å²) in [7, 11) is 1.52. The van der Waals surface area contributed by atoms with E-state index in [1.165, 1.54) is 7.11 Å². The van der Waals surface area contributed by atoms with Crippen LogP contribution in [0.2, 0.25) is 0 Å². The van der Waals surface area contributed by atoms with Gasteiger partial charge in [-0.15, -0.1) is 0 Å². The van der Waals surface area contributed by atoms with Crippen molar-refractivity contribution in [3.8, 4) is 22.9 Å². The smallest absolute Gasteiger partial charge is 0.387 e. The Kier molecular flexibility index (Phi) is 5.78. The number of methoxy groups -OCH3 is 1. The molecule has 10 heteroatoms. The van der Waals surface area contributed by atoms with Crippen molar-refractivity contribution in [2.75, 3.05) is 7.11 Å². The van der Waals surface area contributed by atoms with Crippen molar-refractivity contribution in [1.29, 1.82) is 0 Å². The summed E-state index contributed by atoms with van der Waals surface area (Å²) in [4.78, 5) is 16.5. The Balaban J connectivity index is 1.72. The number of aromatic amines is 1. The molecule has 3 aromatic rings. The highest BCUT2D eigenvalue weighted by atomic mass is 19.3. The predicted octanol–water partition coefficient (Wildman–Crippen LogP) is 3.15. The predicted molar refractivity (Wildman–Crippen MR) is 92.6 cm³/mol. The first-order valence-corrected chi connectivity index (χ1v) is 8.05. The van der Waals surface area contributed by atoms with Crippen LogP contribution in [0.1, 0.15) is 16.2 Å². The van der Waals surface area contributed by atoms with Gasteiger partial charge in [-0.3, -0.25) is 9.89 Å². The van der Waals surface area contributed by atoms with E-state index in [4.69, 9.17) is 4.74 Å². The number of benzene rings is 2. The Hall–Kier alpha value is -3.56. The van der Waals surface area contributed by atoms with Gasteiger partial charge in [0, 0.05) is 0 Å². The standard InChI is InChI=1S/C18H15F3N4O3/c1-27-13-5-3-2-4-11(13)16-23-15(24-25-16)9-22-17(26)12-8-10(19)6-7-14(12)28-18(20)21/h2-8,18H,9H2,1H3,(H,22,26)(H,23,24,25). The Morgan fingerprint density at radius 3 is 2.75 bits per heavy atom. The molecule has 2 N–H and O–H groups in total. The lowest BCUT2D eigenvalue weighted by Gasteiger charge is -2.10. The molecule has 2 aromatic carbocycles. The van der Waals surface area contributed by atoms with E-state index in [1.807, 2.05) is 0 Å². The van der Waals surface area contributed by atoms with Crippen molar-refractivity contribution >= 4 is 5.91 Å². The van der Waals surface area contributed by atoms with Gasteiger partial charge in [-0.2, -0.15) is 13.9 Å². The highest BCUT2D eigenvalue weighted by molar-refractivity contribution is 5.96. The lowest BCUT2D eigenvalue weighted by Crippen LogP contribution is -2.24. The molecule has 3 rings (SSSR count). The van der Waals surface area contributed by atoms with E-state index in [0.29, 0.717) is 23.0 Å². The number of nitrogens with zero attached hydrogens (tertiary/aromatic N) is 2. The van der Waals surface area contributed by atoms with Gasteiger partial charge in [0.05, 0.1) is 24.8 Å². The maximum atomic E-state index is 13.4. The van der Waals surface area contributed by atoms with Crippen LogP contribution >= 0.6 is 0 Å². The number of ether oxygens (including phenoxy) is 2. The molecule has 146 valence electrons. The third-order valence-electron chi connectivity index (χ3n) is 3.70. The number of nitrogens with one attached hydrogen (secondary N) is 2. The number of amides is 1. The molecule has 1 aromatic heterocycles. The lowest BCUT2D eigenvalue weighted by molar-refractivity contribution is -0.0502. The number of H-pyrrole nitrogens is 1. The van der Waals surface area contributed by atoms with Crippen molar-refractivity contribution in [3.63, 3.8) is 0 Å². The molecule has 0 spiro atoms. The van der Waals surface area contributed by atoms with Crippen molar-refractivity contribution in [2.24, 2.45) is 0 Å². The molecule has 7 nitrogen and oxygen atoms in total. The fourth-order valence-electron chi connectivity index (χ4n) is 2.46. The third-order valence-corrected chi connectivity index (χ3v) is 3.70. The Bertz CT molecular complexity index is 978. The average Bonchev–Trinajstić information content (AvgIpc) is 3.16. The molecule has 28 heavy (non-hydrogen) atoms. The van der Waals surface area contributed by atoms with Gasteiger partial charge in [0.2, 0.25) is 0 Å². The molecule has 0 saturated carbocycles. The number of aromatic nitrogens is 3. The summed E-state index contributed by atoms with van der Waals surface area (Å²) in [6, 6.07) is 9.81. The fraction of sp³-hybridized carbons (Fsp3) is 0.167. The summed E-state index contributed by atoms with van der Waals surface area (Å²) in [5.74, 6) is -0.752. The molecule has 0 bridgehead atoms. The molecular weight excluding hydrogens is 377 g/mol. The minimum Gasteiger partial charge on any atom is -0.496 e. The van der Waals surface area contributed by atoms with Gasteiger partial charge >= 0.3 is 6.61 Å². The number of halogens is 3. The van der Waals surface area contributed by atoms with Gasteiger partial charge in [0.15, 0.2) is 5.82 Å². The van der Waals surface area contributed by atoms with Crippen LogP contribution < -0.4 is 14.8 Å². The normalized spacial score (nSPS) is 10.8.